The molecular weight excluding hydrogens is 171 g/mol. The molecular formula is C10H13FO2. The van der Waals surface area contributed by atoms with Crippen molar-refractivity contribution in [3.05, 3.63) is 35.6 Å². The Hall–Kier alpha value is -0.930. The van der Waals surface area contributed by atoms with Crippen LogP contribution in [0.15, 0.2) is 24.3 Å². The van der Waals surface area contributed by atoms with E-state index in [0.717, 1.165) is 0 Å². The number of hydrogen-bond acceptors (Lipinski definition) is 2. The van der Waals surface area contributed by atoms with Crippen molar-refractivity contribution in [2.24, 2.45) is 0 Å². The molecule has 0 aliphatic rings. The average molecular weight is 184 g/mol. The van der Waals surface area contributed by atoms with Crippen LogP contribution in [0.2, 0.25) is 0 Å². The van der Waals surface area contributed by atoms with E-state index >= 15 is 0 Å². The number of benzene rings is 1. The lowest BCUT2D eigenvalue weighted by atomic mass is 9.97. The Morgan fingerprint density at radius 2 is 2.00 bits per heavy atom. The monoisotopic (exact) mass is 184 g/mol. The van der Waals surface area contributed by atoms with Crippen LogP contribution in [0, 0.1) is 5.82 Å². The van der Waals surface area contributed by atoms with Crippen molar-refractivity contribution >= 4 is 0 Å². The summed E-state index contributed by atoms with van der Waals surface area (Å²) in [7, 11) is 0. The van der Waals surface area contributed by atoms with Gasteiger partial charge < -0.3 is 10.2 Å². The summed E-state index contributed by atoms with van der Waals surface area (Å²) in [5.41, 5.74) is -0.830. The minimum atomic E-state index is -1.25. The third kappa shape index (κ3) is 2.79. The Kier molecular flexibility index (Phi) is 3.01. The summed E-state index contributed by atoms with van der Waals surface area (Å²) in [6.45, 7) is 1.10. The molecule has 72 valence electrons. The standard InChI is InChI=1S/C10H13FO2/c1-10(13,7-12)6-8-4-2-3-5-9(8)11/h2-5,12-13H,6-7H2,1H3. The molecule has 0 amide bonds. The van der Waals surface area contributed by atoms with Gasteiger partial charge in [-0.25, -0.2) is 4.39 Å². The molecule has 2 nitrogen and oxygen atoms in total. The molecule has 3 heteroatoms. The topological polar surface area (TPSA) is 40.5 Å². The summed E-state index contributed by atoms with van der Waals surface area (Å²) in [5, 5.41) is 18.3. The van der Waals surface area contributed by atoms with Gasteiger partial charge in [0.05, 0.1) is 12.2 Å². The molecule has 1 aromatic rings. The van der Waals surface area contributed by atoms with Crippen molar-refractivity contribution in [2.45, 2.75) is 18.9 Å². The zero-order chi connectivity index (χ0) is 9.90. The van der Waals surface area contributed by atoms with Gasteiger partial charge in [-0.3, -0.25) is 0 Å². The number of rotatable bonds is 3. The molecule has 13 heavy (non-hydrogen) atoms. The fraction of sp³-hybridized carbons (Fsp3) is 0.400. The van der Waals surface area contributed by atoms with E-state index in [-0.39, 0.29) is 18.8 Å². The van der Waals surface area contributed by atoms with Crippen LogP contribution in [0.3, 0.4) is 0 Å². The Labute approximate surface area is 76.6 Å². The number of hydrogen-bond donors (Lipinski definition) is 2. The Morgan fingerprint density at radius 3 is 2.54 bits per heavy atom. The Balaban J connectivity index is 2.80. The van der Waals surface area contributed by atoms with E-state index in [1.54, 1.807) is 18.2 Å². The maximum atomic E-state index is 13.1. The minimum Gasteiger partial charge on any atom is -0.393 e. The van der Waals surface area contributed by atoms with Crippen molar-refractivity contribution in [3.63, 3.8) is 0 Å². The average Bonchev–Trinajstić information content (AvgIpc) is 2.09. The van der Waals surface area contributed by atoms with Gasteiger partial charge >= 0.3 is 0 Å². The quantitative estimate of drug-likeness (QED) is 0.738. The lowest BCUT2D eigenvalue weighted by molar-refractivity contribution is 0.00171. The lowest BCUT2D eigenvalue weighted by Gasteiger charge is -2.20. The fourth-order valence-electron chi connectivity index (χ4n) is 1.11. The molecule has 0 saturated carbocycles. The first kappa shape index (κ1) is 10.2. The molecule has 0 aliphatic carbocycles. The third-order valence-corrected chi connectivity index (χ3v) is 1.87. The van der Waals surface area contributed by atoms with Crippen molar-refractivity contribution in [3.8, 4) is 0 Å². The first-order valence-corrected chi connectivity index (χ1v) is 4.12. The van der Waals surface area contributed by atoms with E-state index in [1.165, 1.54) is 13.0 Å². The smallest absolute Gasteiger partial charge is 0.126 e. The van der Waals surface area contributed by atoms with Crippen LogP contribution >= 0.6 is 0 Å². The van der Waals surface area contributed by atoms with Crippen LogP contribution in [0.5, 0.6) is 0 Å². The van der Waals surface area contributed by atoms with Gasteiger partial charge in [-0.1, -0.05) is 18.2 Å². The van der Waals surface area contributed by atoms with E-state index < -0.39 is 5.60 Å². The van der Waals surface area contributed by atoms with Crippen molar-refractivity contribution in [2.75, 3.05) is 6.61 Å². The highest BCUT2D eigenvalue weighted by atomic mass is 19.1. The molecule has 0 aromatic heterocycles. The number of aliphatic hydroxyl groups excluding tert-OH is 1. The van der Waals surface area contributed by atoms with Gasteiger partial charge in [0.25, 0.3) is 0 Å². The Bertz CT molecular complexity index is 284. The van der Waals surface area contributed by atoms with Gasteiger partial charge in [0, 0.05) is 6.42 Å². The predicted molar refractivity (Wildman–Crippen MR) is 47.8 cm³/mol. The summed E-state index contributed by atoms with van der Waals surface area (Å²) >= 11 is 0. The van der Waals surface area contributed by atoms with E-state index in [1.807, 2.05) is 0 Å². The zero-order valence-electron chi connectivity index (χ0n) is 7.50. The second-order valence-corrected chi connectivity index (χ2v) is 3.42. The van der Waals surface area contributed by atoms with Gasteiger partial charge in [0.15, 0.2) is 0 Å². The number of halogens is 1. The van der Waals surface area contributed by atoms with Crippen LogP contribution in [0.25, 0.3) is 0 Å². The molecule has 0 spiro atoms. The van der Waals surface area contributed by atoms with Crippen molar-refractivity contribution in [1.82, 2.24) is 0 Å². The number of aliphatic hydroxyl groups is 2. The highest BCUT2D eigenvalue weighted by molar-refractivity contribution is 5.19. The van der Waals surface area contributed by atoms with Crippen LogP contribution in [-0.4, -0.2) is 22.4 Å². The summed E-state index contributed by atoms with van der Waals surface area (Å²) in [6, 6.07) is 6.22. The summed E-state index contributed by atoms with van der Waals surface area (Å²) < 4.78 is 13.1. The fourth-order valence-corrected chi connectivity index (χ4v) is 1.11. The van der Waals surface area contributed by atoms with Gasteiger partial charge in [-0.2, -0.15) is 0 Å². The molecule has 0 heterocycles. The van der Waals surface area contributed by atoms with Crippen molar-refractivity contribution in [1.29, 1.82) is 0 Å². The molecule has 1 unspecified atom stereocenters. The van der Waals surface area contributed by atoms with E-state index in [0.29, 0.717) is 5.56 Å². The molecule has 0 fully saturated rings. The van der Waals surface area contributed by atoms with Gasteiger partial charge in [0.2, 0.25) is 0 Å². The summed E-state index contributed by atoms with van der Waals surface area (Å²) in [5.74, 6) is -0.351. The molecule has 1 aromatic carbocycles. The Morgan fingerprint density at radius 1 is 1.38 bits per heavy atom. The lowest BCUT2D eigenvalue weighted by Crippen LogP contribution is -2.31. The van der Waals surface area contributed by atoms with Gasteiger partial charge in [0.1, 0.15) is 5.82 Å². The normalized spacial score (nSPS) is 15.4. The summed E-state index contributed by atoms with van der Waals surface area (Å²) in [6.07, 6.45) is 0.121. The predicted octanol–water partition coefficient (Wildman–Crippen LogP) is 1.11. The first-order valence-electron chi connectivity index (χ1n) is 4.12. The molecule has 0 radical (unpaired) electrons. The summed E-state index contributed by atoms with van der Waals surface area (Å²) in [4.78, 5) is 0. The second kappa shape index (κ2) is 3.85. The maximum Gasteiger partial charge on any atom is 0.126 e. The second-order valence-electron chi connectivity index (χ2n) is 3.42. The van der Waals surface area contributed by atoms with E-state index in [2.05, 4.69) is 0 Å². The molecule has 0 saturated heterocycles. The third-order valence-electron chi connectivity index (χ3n) is 1.87. The molecule has 2 N–H and O–H groups in total. The maximum absolute atomic E-state index is 13.1. The van der Waals surface area contributed by atoms with Crippen LogP contribution in [0.4, 0.5) is 4.39 Å². The zero-order valence-corrected chi connectivity index (χ0v) is 7.50. The molecule has 0 bridgehead atoms. The highest BCUT2D eigenvalue weighted by Gasteiger charge is 2.20. The van der Waals surface area contributed by atoms with E-state index in [9.17, 15) is 9.50 Å². The molecule has 0 aliphatic heterocycles. The van der Waals surface area contributed by atoms with E-state index in [4.69, 9.17) is 5.11 Å². The SMILES string of the molecule is CC(O)(CO)Cc1ccccc1F. The van der Waals surface area contributed by atoms with Gasteiger partial charge in [-0.15, -0.1) is 0 Å². The van der Waals surface area contributed by atoms with Crippen LogP contribution < -0.4 is 0 Å². The van der Waals surface area contributed by atoms with Gasteiger partial charge in [-0.05, 0) is 18.6 Å². The van der Waals surface area contributed by atoms with Crippen molar-refractivity contribution < 1.29 is 14.6 Å². The first-order chi connectivity index (χ1) is 6.05. The molecule has 1 rings (SSSR count). The van der Waals surface area contributed by atoms with Crippen LogP contribution in [0.1, 0.15) is 12.5 Å². The van der Waals surface area contributed by atoms with Crippen LogP contribution in [-0.2, 0) is 6.42 Å². The molecule has 1 atom stereocenters. The minimum absolute atomic E-state index is 0.121. The largest absolute Gasteiger partial charge is 0.393 e. The highest BCUT2D eigenvalue weighted by Crippen LogP contribution is 2.15.